The molecule has 49 heavy (non-hydrogen) atoms. The molecule has 0 saturated carbocycles. The standard InChI is InChI=1S/C14H27N5O5.C14H26N4O6.CH4/c15-1-2-16-12(20)9-17-3-5-18(10-13(21)22)7-8-19(6-4-17)11-14(23)24;19-8-1-15-12(20)9-16-2-4-17(10-13(21)22)6-7-18(5-3-16)11-14(23)24;/h1-11,15H2,(H,16,20)(H,21,22)(H,23,24);19H,1-11H2,(H,15,20)(H,21,22)(H,23,24);1H4. The van der Waals surface area contributed by atoms with E-state index in [1.54, 1.807) is 19.6 Å². The molecular weight excluding hydrogens is 650 g/mol. The molecule has 0 aliphatic carbocycles. The van der Waals surface area contributed by atoms with E-state index in [1.165, 1.54) is 0 Å². The monoisotopic (exact) mass is 707 g/mol. The molecule has 0 radical (unpaired) electrons. The lowest BCUT2D eigenvalue weighted by Gasteiger charge is -2.24. The summed E-state index contributed by atoms with van der Waals surface area (Å²) in [5, 5.41) is 49.9. The average molecular weight is 708 g/mol. The van der Waals surface area contributed by atoms with Crippen LogP contribution in [0.1, 0.15) is 7.43 Å². The molecule has 2 aliphatic rings. The van der Waals surface area contributed by atoms with Crippen molar-refractivity contribution in [1.29, 1.82) is 0 Å². The smallest absolute Gasteiger partial charge is 0.317 e. The Bertz CT molecular complexity index is 890. The Kier molecular flexibility index (Phi) is 24.5. The van der Waals surface area contributed by atoms with Crippen molar-refractivity contribution in [3.63, 3.8) is 0 Å². The number of carboxylic acids is 4. The van der Waals surface area contributed by atoms with Gasteiger partial charge in [-0.25, -0.2) is 0 Å². The zero-order chi connectivity index (χ0) is 35.9. The second-order valence-electron chi connectivity index (χ2n) is 11.4. The first-order valence-corrected chi connectivity index (χ1v) is 15.9. The number of hydrogen-bond acceptors (Lipinski definition) is 14. The van der Waals surface area contributed by atoms with E-state index in [-0.39, 0.29) is 71.7 Å². The average Bonchev–Trinajstić information content (AvgIpc) is 3.14. The van der Waals surface area contributed by atoms with Gasteiger partial charge >= 0.3 is 23.9 Å². The van der Waals surface area contributed by atoms with Crippen LogP contribution in [-0.4, -0.2) is 235 Å². The number of rotatable bonds is 16. The fraction of sp³-hybridized carbons (Fsp3) is 0.793. The van der Waals surface area contributed by atoms with E-state index in [0.29, 0.717) is 91.6 Å². The van der Waals surface area contributed by atoms with E-state index in [1.807, 2.05) is 9.80 Å². The molecule has 0 bridgehead atoms. The number of carbonyl (C=O) groups excluding carboxylic acids is 2. The topological polar surface area (TPSA) is 273 Å². The van der Waals surface area contributed by atoms with Crippen molar-refractivity contribution in [2.45, 2.75) is 7.43 Å². The lowest BCUT2D eigenvalue weighted by molar-refractivity contribution is -0.140. The number of carboxylic acid groups (broad SMARTS) is 4. The van der Waals surface area contributed by atoms with Crippen LogP contribution in [0.2, 0.25) is 0 Å². The maximum absolute atomic E-state index is 11.8. The van der Waals surface area contributed by atoms with Crippen LogP contribution < -0.4 is 16.4 Å². The lowest BCUT2D eigenvalue weighted by Crippen LogP contribution is -2.44. The normalized spacial score (nSPS) is 18.0. The van der Waals surface area contributed by atoms with Gasteiger partial charge in [0.2, 0.25) is 11.8 Å². The van der Waals surface area contributed by atoms with Crippen LogP contribution >= 0.6 is 0 Å². The minimum Gasteiger partial charge on any atom is -0.480 e. The summed E-state index contributed by atoms with van der Waals surface area (Å²) in [5.74, 6) is -4.10. The number of nitrogens with zero attached hydrogens (tertiary/aromatic N) is 6. The number of nitrogens with two attached hydrogens (primary N) is 1. The molecule has 2 aliphatic heterocycles. The fourth-order valence-corrected chi connectivity index (χ4v) is 5.01. The van der Waals surface area contributed by atoms with Gasteiger partial charge in [-0.05, 0) is 0 Å². The minimum atomic E-state index is -0.939. The maximum Gasteiger partial charge on any atom is 0.317 e. The lowest BCUT2D eigenvalue weighted by atomic mass is 10.4. The molecule has 284 valence electrons. The number of nitrogens with one attached hydrogen (secondary N) is 2. The molecule has 20 nitrogen and oxygen atoms in total. The highest BCUT2D eigenvalue weighted by Crippen LogP contribution is 2.02. The van der Waals surface area contributed by atoms with E-state index in [2.05, 4.69) is 10.6 Å². The molecule has 0 atom stereocenters. The first kappa shape index (κ1) is 45.5. The van der Waals surface area contributed by atoms with E-state index < -0.39 is 23.9 Å². The van der Waals surface area contributed by atoms with Gasteiger partial charge < -0.3 is 41.9 Å². The predicted octanol–water partition coefficient (Wildman–Crippen LogP) is -5.03. The zero-order valence-corrected chi connectivity index (χ0v) is 27.5. The number of aliphatic carboxylic acids is 4. The van der Waals surface area contributed by atoms with Gasteiger partial charge in [0, 0.05) is 98.2 Å². The Labute approximate surface area is 287 Å². The van der Waals surface area contributed by atoms with Crippen molar-refractivity contribution in [2.75, 3.05) is 144 Å². The first-order valence-electron chi connectivity index (χ1n) is 15.9. The van der Waals surface area contributed by atoms with Gasteiger partial charge in [0.25, 0.3) is 0 Å². The van der Waals surface area contributed by atoms with Crippen molar-refractivity contribution in [2.24, 2.45) is 5.73 Å². The third-order valence-electron chi connectivity index (χ3n) is 7.47. The third kappa shape index (κ3) is 23.5. The van der Waals surface area contributed by atoms with E-state index in [0.717, 1.165) is 0 Å². The Balaban J connectivity index is 0.000000922. The van der Waals surface area contributed by atoms with Gasteiger partial charge in [0.15, 0.2) is 0 Å². The third-order valence-corrected chi connectivity index (χ3v) is 7.47. The minimum absolute atomic E-state index is 0. The molecule has 2 saturated heterocycles. The fourth-order valence-electron chi connectivity index (χ4n) is 5.01. The predicted molar refractivity (Wildman–Crippen MR) is 178 cm³/mol. The molecule has 0 aromatic carbocycles. The number of hydrogen-bond donors (Lipinski definition) is 8. The summed E-state index contributed by atoms with van der Waals surface area (Å²) in [7, 11) is 0. The van der Waals surface area contributed by atoms with Crippen LogP contribution in [0.25, 0.3) is 0 Å². The summed E-state index contributed by atoms with van der Waals surface area (Å²) in [4.78, 5) is 78.2. The SMILES string of the molecule is C.NCCNC(=O)CN1CCN(CC(=O)O)CCN(CC(=O)O)CC1.O=C(O)CN1CCN(CC(=O)O)CCN(CC(=O)NCCO)CC1. The molecule has 2 fully saturated rings. The highest BCUT2D eigenvalue weighted by Gasteiger charge is 2.22. The Morgan fingerprint density at radius 1 is 0.449 bits per heavy atom. The van der Waals surface area contributed by atoms with Gasteiger partial charge in [-0.1, -0.05) is 7.43 Å². The highest BCUT2D eigenvalue weighted by molar-refractivity contribution is 5.78. The summed E-state index contributed by atoms with van der Waals surface area (Å²) in [6.45, 7) is 6.68. The van der Waals surface area contributed by atoms with Crippen molar-refractivity contribution in [3.8, 4) is 0 Å². The molecule has 20 heteroatoms. The van der Waals surface area contributed by atoms with Crippen LogP contribution in [0, 0.1) is 0 Å². The van der Waals surface area contributed by atoms with Gasteiger partial charge in [0.1, 0.15) is 0 Å². The van der Waals surface area contributed by atoms with Crippen LogP contribution in [0.3, 0.4) is 0 Å². The molecule has 0 aromatic heterocycles. The largest absolute Gasteiger partial charge is 0.480 e. The Morgan fingerprint density at radius 2 is 0.673 bits per heavy atom. The first-order chi connectivity index (χ1) is 22.8. The highest BCUT2D eigenvalue weighted by atomic mass is 16.4. The number of carbonyl (C=O) groups is 6. The zero-order valence-electron chi connectivity index (χ0n) is 27.5. The summed E-state index contributed by atoms with van der Waals surface area (Å²) >= 11 is 0. The van der Waals surface area contributed by atoms with Crippen LogP contribution in [0.5, 0.6) is 0 Å². The van der Waals surface area contributed by atoms with Crippen molar-refractivity contribution >= 4 is 35.7 Å². The Morgan fingerprint density at radius 3 is 0.878 bits per heavy atom. The molecule has 0 spiro atoms. The molecule has 9 N–H and O–H groups in total. The van der Waals surface area contributed by atoms with Gasteiger partial charge in [0.05, 0.1) is 45.9 Å². The Hall–Kier alpha value is -3.50. The molecular formula is C29H57N9O11. The maximum atomic E-state index is 11.8. The van der Waals surface area contributed by atoms with E-state index in [4.69, 9.17) is 31.3 Å². The van der Waals surface area contributed by atoms with Gasteiger partial charge in [-0.15, -0.1) is 0 Å². The van der Waals surface area contributed by atoms with Gasteiger partial charge in [-0.2, -0.15) is 0 Å². The van der Waals surface area contributed by atoms with Crippen LogP contribution in [0.4, 0.5) is 0 Å². The molecule has 2 amide bonds. The summed E-state index contributed by atoms with van der Waals surface area (Å²) in [6, 6.07) is 0. The van der Waals surface area contributed by atoms with E-state index in [9.17, 15) is 28.8 Å². The van der Waals surface area contributed by atoms with Gasteiger partial charge in [-0.3, -0.25) is 58.2 Å². The van der Waals surface area contributed by atoms with Crippen molar-refractivity contribution in [3.05, 3.63) is 0 Å². The number of aliphatic hydroxyl groups is 1. The second-order valence-corrected chi connectivity index (χ2v) is 11.4. The van der Waals surface area contributed by atoms with Crippen molar-refractivity contribution in [1.82, 2.24) is 40.0 Å². The number of amides is 2. The second kappa shape index (κ2) is 26.4. The molecule has 0 aromatic rings. The number of aliphatic hydroxyl groups excluding tert-OH is 1. The van der Waals surface area contributed by atoms with Crippen LogP contribution in [-0.2, 0) is 28.8 Å². The summed E-state index contributed by atoms with van der Waals surface area (Å²) < 4.78 is 0. The molecule has 0 unspecified atom stereocenters. The van der Waals surface area contributed by atoms with Crippen LogP contribution in [0.15, 0.2) is 0 Å². The van der Waals surface area contributed by atoms with E-state index >= 15 is 0 Å². The molecule has 2 heterocycles. The summed E-state index contributed by atoms with van der Waals surface area (Å²) in [6.07, 6.45) is 0. The molecule has 2 rings (SSSR count). The summed E-state index contributed by atoms with van der Waals surface area (Å²) in [5.41, 5.74) is 5.35. The quantitative estimate of drug-likeness (QED) is 0.0746. The van der Waals surface area contributed by atoms with Crippen molar-refractivity contribution < 1.29 is 54.3 Å².